The summed E-state index contributed by atoms with van der Waals surface area (Å²) >= 11 is 0. The third-order valence-electron chi connectivity index (χ3n) is 7.19. The van der Waals surface area contributed by atoms with Crippen LogP contribution < -0.4 is 4.74 Å². The maximum absolute atomic E-state index is 12.4. The molecule has 4 atom stereocenters. The van der Waals surface area contributed by atoms with E-state index < -0.39 is 0 Å². The van der Waals surface area contributed by atoms with Crippen molar-refractivity contribution < 1.29 is 14.3 Å². The Morgan fingerprint density at radius 3 is 2.87 bits per heavy atom. The summed E-state index contributed by atoms with van der Waals surface area (Å²) in [7, 11) is 0. The molecule has 2 fully saturated rings. The van der Waals surface area contributed by atoms with Crippen LogP contribution in [-0.4, -0.2) is 18.2 Å². The molecular formula is C20H22O3. The molecule has 23 heavy (non-hydrogen) atoms. The summed E-state index contributed by atoms with van der Waals surface area (Å²) in [4.78, 5) is 24.4. The largest absolute Gasteiger partial charge is 0.485 e. The number of Topliss-reactive ketones (excluding diaryl/α,β-unsaturated/α-hetero) is 2. The van der Waals surface area contributed by atoms with Gasteiger partial charge in [0.15, 0.2) is 6.61 Å². The minimum Gasteiger partial charge on any atom is -0.485 e. The van der Waals surface area contributed by atoms with Crippen molar-refractivity contribution in [3.8, 4) is 5.75 Å². The second-order valence-electron chi connectivity index (χ2n) is 8.09. The van der Waals surface area contributed by atoms with Gasteiger partial charge in [0, 0.05) is 11.8 Å². The number of ether oxygens (including phenoxy) is 1. The van der Waals surface area contributed by atoms with Crippen molar-refractivity contribution in [3.05, 3.63) is 28.8 Å². The van der Waals surface area contributed by atoms with Gasteiger partial charge in [-0.15, -0.1) is 0 Å². The number of carbonyl (C=O) groups excluding carboxylic acids is 2. The Labute approximate surface area is 136 Å². The Kier molecular flexibility index (Phi) is 2.67. The quantitative estimate of drug-likeness (QED) is 0.734. The van der Waals surface area contributed by atoms with E-state index in [0.29, 0.717) is 23.5 Å². The molecule has 0 saturated heterocycles. The van der Waals surface area contributed by atoms with Crippen LogP contribution >= 0.6 is 0 Å². The number of hydrogen-bond acceptors (Lipinski definition) is 3. The second kappa shape index (κ2) is 4.46. The van der Waals surface area contributed by atoms with Gasteiger partial charge in [0.25, 0.3) is 0 Å². The van der Waals surface area contributed by atoms with Crippen molar-refractivity contribution in [3.63, 3.8) is 0 Å². The van der Waals surface area contributed by atoms with Crippen molar-refractivity contribution in [2.75, 3.05) is 6.61 Å². The fourth-order valence-electron chi connectivity index (χ4n) is 5.93. The Morgan fingerprint density at radius 2 is 2.00 bits per heavy atom. The first kappa shape index (κ1) is 13.8. The average molecular weight is 310 g/mol. The van der Waals surface area contributed by atoms with Crippen molar-refractivity contribution in [2.45, 2.75) is 51.4 Å². The van der Waals surface area contributed by atoms with Gasteiger partial charge in [-0.3, -0.25) is 9.59 Å². The van der Waals surface area contributed by atoms with Crippen LogP contribution in [0.1, 0.15) is 66.4 Å². The third kappa shape index (κ3) is 1.71. The molecule has 0 aromatic heterocycles. The number of aryl methyl sites for hydroxylation is 1. The van der Waals surface area contributed by atoms with Crippen LogP contribution in [0.5, 0.6) is 5.75 Å². The number of fused-ring (bicyclic) bond motifs is 6. The number of ketones is 2. The van der Waals surface area contributed by atoms with E-state index in [1.165, 1.54) is 17.5 Å². The minimum atomic E-state index is -0.0751. The molecule has 5 rings (SSSR count). The van der Waals surface area contributed by atoms with Gasteiger partial charge in [0.05, 0.1) is 5.56 Å². The van der Waals surface area contributed by atoms with Crippen LogP contribution in [0.15, 0.2) is 12.1 Å². The number of hydrogen-bond donors (Lipinski definition) is 0. The lowest BCUT2D eigenvalue weighted by Gasteiger charge is -2.48. The lowest BCUT2D eigenvalue weighted by molar-refractivity contribution is -0.129. The van der Waals surface area contributed by atoms with E-state index >= 15 is 0 Å². The smallest absolute Gasteiger partial charge is 0.203 e. The van der Waals surface area contributed by atoms with Gasteiger partial charge in [-0.25, -0.2) is 0 Å². The van der Waals surface area contributed by atoms with E-state index in [2.05, 4.69) is 19.1 Å². The number of rotatable bonds is 0. The molecule has 3 nitrogen and oxygen atoms in total. The summed E-state index contributed by atoms with van der Waals surface area (Å²) in [5.41, 5.74) is 3.45. The molecule has 0 N–H and O–H groups in total. The third-order valence-corrected chi connectivity index (χ3v) is 7.19. The van der Waals surface area contributed by atoms with Gasteiger partial charge in [0.1, 0.15) is 11.5 Å². The highest BCUT2D eigenvalue weighted by Gasteiger charge is 2.54. The predicted octanol–water partition coefficient (Wildman–Crippen LogP) is 3.69. The van der Waals surface area contributed by atoms with Crippen LogP contribution in [0.3, 0.4) is 0 Å². The summed E-state index contributed by atoms with van der Waals surface area (Å²) in [6.07, 6.45) is 6.18. The molecule has 120 valence electrons. The zero-order valence-corrected chi connectivity index (χ0v) is 13.6. The molecule has 1 aromatic rings. The normalized spacial score (nSPS) is 37.7. The van der Waals surface area contributed by atoms with Crippen LogP contribution in [-0.2, 0) is 11.2 Å². The Morgan fingerprint density at radius 1 is 1.13 bits per heavy atom. The van der Waals surface area contributed by atoms with Crippen LogP contribution in [0.4, 0.5) is 0 Å². The Bertz CT molecular complexity index is 735. The maximum atomic E-state index is 12.4. The fraction of sp³-hybridized carbons (Fsp3) is 0.600. The lowest BCUT2D eigenvalue weighted by Crippen LogP contribution is -2.42. The Balaban J connectivity index is 1.57. The molecule has 1 heterocycles. The van der Waals surface area contributed by atoms with Crippen molar-refractivity contribution >= 4 is 11.6 Å². The maximum Gasteiger partial charge on any atom is 0.203 e. The average Bonchev–Trinajstić information content (AvgIpc) is 3.06. The molecular weight excluding hydrogens is 288 g/mol. The van der Waals surface area contributed by atoms with Gasteiger partial charge in [-0.2, -0.15) is 0 Å². The van der Waals surface area contributed by atoms with E-state index in [0.717, 1.165) is 43.4 Å². The molecule has 3 aliphatic carbocycles. The van der Waals surface area contributed by atoms with Gasteiger partial charge in [0.2, 0.25) is 5.78 Å². The summed E-state index contributed by atoms with van der Waals surface area (Å²) in [5, 5.41) is 0. The molecule has 4 aliphatic rings. The minimum absolute atomic E-state index is 0.0751. The molecule has 0 radical (unpaired) electrons. The first-order valence-corrected chi connectivity index (χ1v) is 8.94. The van der Waals surface area contributed by atoms with Crippen LogP contribution in [0, 0.1) is 17.3 Å². The monoisotopic (exact) mass is 310 g/mol. The summed E-state index contributed by atoms with van der Waals surface area (Å²) < 4.78 is 5.52. The second-order valence-corrected chi connectivity index (χ2v) is 8.09. The number of carbonyl (C=O) groups is 2. The van der Waals surface area contributed by atoms with Crippen LogP contribution in [0.2, 0.25) is 0 Å². The molecule has 1 aliphatic heterocycles. The van der Waals surface area contributed by atoms with E-state index in [-0.39, 0.29) is 17.8 Å². The lowest BCUT2D eigenvalue weighted by atomic mass is 9.55. The zero-order chi connectivity index (χ0) is 15.8. The zero-order valence-electron chi connectivity index (χ0n) is 13.6. The molecule has 1 aromatic carbocycles. The topological polar surface area (TPSA) is 43.4 Å². The van der Waals surface area contributed by atoms with Crippen LogP contribution in [0.25, 0.3) is 0 Å². The van der Waals surface area contributed by atoms with E-state index in [1.807, 2.05) is 0 Å². The van der Waals surface area contributed by atoms with Gasteiger partial charge >= 0.3 is 0 Å². The summed E-state index contributed by atoms with van der Waals surface area (Å²) in [5.74, 6) is 3.07. The molecule has 2 saturated carbocycles. The van der Waals surface area contributed by atoms with Crippen molar-refractivity contribution in [1.29, 1.82) is 0 Å². The molecule has 3 heteroatoms. The Hall–Kier alpha value is -1.64. The highest BCUT2D eigenvalue weighted by molar-refractivity contribution is 6.02. The fourth-order valence-corrected chi connectivity index (χ4v) is 5.93. The highest BCUT2D eigenvalue weighted by Crippen LogP contribution is 2.59. The summed E-state index contributed by atoms with van der Waals surface area (Å²) in [6, 6.07) is 4.23. The number of benzene rings is 1. The highest BCUT2D eigenvalue weighted by atomic mass is 16.5. The predicted molar refractivity (Wildman–Crippen MR) is 85.9 cm³/mol. The van der Waals surface area contributed by atoms with Crippen molar-refractivity contribution in [2.24, 2.45) is 17.3 Å². The van der Waals surface area contributed by atoms with E-state index in [1.54, 1.807) is 0 Å². The first-order chi connectivity index (χ1) is 11.1. The molecule has 0 spiro atoms. The standard InChI is InChI=1S/C20H22O3/c1-20-7-6-12-13(16(20)4-5-19(20)22)3-2-11-8-18-15(9-14(11)12)17(21)10-23-18/h8-9,12-13,16H,2-7,10H2,1H3/t12-,13+,16-,20-/m0/s1. The molecule has 0 bridgehead atoms. The van der Waals surface area contributed by atoms with Gasteiger partial charge in [-0.05, 0) is 73.1 Å². The summed E-state index contributed by atoms with van der Waals surface area (Å²) in [6.45, 7) is 2.40. The van der Waals surface area contributed by atoms with Gasteiger partial charge in [-0.1, -0.05) is 6.92 Å². The van der Waals surface area contributed by atoms with Gasteiger partial charge < -0.3 is 4.74 Å². The van der Waals surface area contributed by atoms with Crippen molar-refractivity contribution in [1.82, 2.24) is 0 Å². The first-order valence-electron chi connectivity index (χ1n) is 8.94. The van der Waals surface area contributed by atoms with E-state index in [4.69, 9.17) is 4.74 Å². The molecule has 0 unspecified atom stereocenters. The SMILES string of the molecule is C[C@]12CC[C@@H]3c4cc5c(cc4CC[C@H]3[C@@H]1CCC2=O)OCC5=O. The molecule has 0 amide bonds. The van der Waals surface area contributed by atoms with E-state index in [9.17, 15) is 9.59 Å².